The molecule has 0 saturated carbocycles. The molecule has 24 heavy (non-hydrogen) atoms. The summed E-state index contributed by atoms with van der Waals surface area (Å²) in [5, 5.41) is 6.72. The van der Waals surface area contributed by atoms with Crippen LogP contribution in [0.2, 0.25) is 0 Å². The van der Waals surface area contributed by atoms with Gasteiger partial charge in [0.15, 0.2) is 5.96 Å². The second kappa shape index (κ2) is 13.0. The highest BCUT2D eigenvalue weighted by molar-refractivity contribution is 5.80. The molecular formula is C17H34N4O3. The van der Waals surface area contributed by atoms with E-state index in [-0.39, 0.29) is 11.9 Å². The summed E-state index contributed by atoms with van der Waals surface area (Å²) in [6.07, 6.45) is 3.54. The van der Waals surface area contributed by atoms with Gasteiger partial charge < -0.3 is 25.0 Å². The SMILES string of the molecule is CCNC(=NCCCCOCCOC)NC1CCN(C(=O)CC)C1. The molecule has 1 heterocycles. The first kappa shape index (κ1) is 20.7. The molecule has 1 saturated heterocycles. The Morgan fingerprint density at radius 3 is 2.79 bits per heavy atom. The summed E-state index contributed by atoms with van der Waals surface area (Å²) in [4.78, 5) is 18.3. The third kappa shape index (κ3) is 8.49. The molecule has 140 valence electrons. The van der Waals surface area contributed by atoms with E-state index in [1.165, 1.54) is 0 Å². The van der Waals surface area contributed by atoms with E-state index in [2.05, 4.69) is 22.5 Å². The largest absolute Gasteiger partial charge is 0.382 e. The lowest BCUT2D eigenvalue weighted by Crippen LogP contribution is -2.45. The van der Waals surface area contributed by atoms with Gasteiger partial charge in [0.2, 0.25) is 5.91 Å². The molecule has 1 unspecified atom stereocenters. The third-order valence-corrected chi connectivity index (χ3v) is 3.93. The van der Waals surface area contributed by atoms with Crippen LogP contribution < -0.4 is 10.6 Å². The van der Waals surface area contributed by atoms with Gasteiger partial charge in [-0.1, -0.05) is 6.92 Å². The standard InChI is InChI=1S/C17H34N4O3/c1-4-16(22)21-10-8-15(14-21)20-17(18-5-2)19-9-6-7-11-24-13-12-23-3/h15H,4-14H2,1-3H3,(H2,18,19,20). The molecule has 0 spiro atoms. The van der Waals surface area contributed by atoms with Crippen LogP contribution in [0, 0.1) is 0 Å². The van der Waals surface area contributed by atoms with Gasteiger partial charge in [0.05, 0.1) is 13.2 Å². The van der Waals surface area contributed by atoms with Crippen LogP contribution in [0.15, 0.2) is 4.99 Å². The van der Waals surface area contributed by atoms with Crippen molar-refractivity contribution in [3.63, 3.8) is 0 Å². The number of guanidine groups is 1. The first-order chi connectivity index (χ1) is 11.7. The highest BCUT2D eigenvalue weighted by atomic mass is 16.5. The topological polar surface area (TPSA) is 75.2 Å². The number of carbonyl (C=O) groups is 1. The minimum atomic E-state index is 0.231. The van der Waals surface area contributed by atoms with Crippen molar-refractivity contribution >= 4 is 11.9 Å². The number of nitrogens with zero attached hydrogens (tertiary/aromatic N) is 2. The Morgan fingerprint density at radius 1 is 1.25 bits per heavy atom. The van der Waals surface area contributed by atoms with Crippen LogP contribution in [0.1, 0.15) is 39.5 Å². The summed E-state index contributed by atoms with van der Waals surface area (Å²) < 4.78 is 10.4. The van der Waals surface area contributed by atoms with E-state index in [1.807, 2.05) is 11.8 Å². The smallest absolute Gasteiger partial charge is 0.222 e. The van der Waals surface area contributed by atoms with Gasteiger partial charge in [-0.25, -0.2) is 0 Å². The van der Waals surface area contributed by atoms with Gasteiger partial charge in [-0.3, -0.25) is 9.79 Å². The maximum absolute atomic E-state index is 11.7. The van der Waals surface area contributed by atoms with Crippen molar-refractivity contribution in [3.8, 4) is 0 Å². The van der Waals surface area contributed by atoms with Gasteiger partial charge in [0.1, 0.15) is 0 Å². The van der Waals surface area contributed by atoms with Crippen molar-refractivity contribution in [2.45, 2.75) is 45.6 Å². The molecule has 0 bridgehead atoms. The van der Waals surface area contributed by atoms with Crippen LogP contribution in [0.25, 0.3) is 0 Å². The molecule has 2 N–H and O–H groups in total. The number of hydrogen-bond donors (Lipinski definition) is 2. The van der Waals surface area contributed by atoms with Crippen LogP contribution in [0.4, 0.5) is 0 Å². The second-order valence-corrected chi connectivity index (χ2v) is 5.90. The maximum Gasteiger partial charge on any atom is 0.222 e. The zero-order chi connectivity index (χ0) is 17.6. The van der Waals surface area contributed by atoms with Crippen molar-refractivity contribution < 1.29 is 14.3 Å². The van der Waals surface area contributed by atoms with Gasteiger partial charge in [-0.2, -0.15) is 0 Å². The molecule has 0 radical (unpaired) electrons. The first-order valence-electron chi connectivity index (χ1n) is 9.10. The number of hydrogen-bond acceptors (Lipinski definition) is 4. The zero-order valence-corrected chi connectivity index (χ0v) is 15.5. The fourth-order valence-electron chi connectivity index (χ4n) is 2.59. The van der Waals surface area contributed by atoms with Gasteiger partial charge >= 0.3 is 0 Å². The fourth-order valence-corrected chi connectivity index (χ4v) is 2.59. The lowest BCUT2D eigenvalue weighted by molar-refractivity contribution is -0.129. The molecular weight excluding hydrogens is 308 g/mol. The van der Waals surface area contributed by atoms with Crippen molar-refractivity contribution in [2.75, 3.05) is 53.1 Å². The molecule has 1 amide bonds. The monoisotopic (exact) mass is 342 g/mol. The average molecular weight is 342 g/mol. The Bertz CT molecular complexity index is 377. The number of methoxy groups -OCH3 is 1. The summed E-state index contributed by atoms with van der Waals surface area (Å²) in [5.41, 5.74) is 0. The Morgan fingerprint density at radius 2 is 2.08 bits per heavy atom. The Hall–Kier alpha value is -1.34. The summed E-state index contributed by atoms with van der Waals surface area (Å²) in [6, 6.07) is 0.288. The lowest BCUT2D eigenvalue weighted by Gasteiger charge is -2.18. The van der Waals surface area contributed by atoms with Crippen molar-refractivity contribution in [3.05, 3.63) is 0 Å². The van der Waals surface area contributed by atoms with Crippen molar-refractivity contribution in [2.24, 2.45) is 4.99 Å². The molecule has 0 aliphatic carbocycles. The minimum absolute atomic E-state index is 0.231. The van der Waals surface area contributed by atoms with E-state index in [4.69, 9.17) is 9.47 Å². The Balaban J connectivity index is 2.24. The molecule has 0 aromatic rings. The number of amides is 1. The van der Waals surface area contributed by atoms with E-state index in [0.29, 0.717) is 19.6 Å². The number of likely N-dealkylation sites (tertiary alicyclic amines) is 1. The maximum atomic E-state index is 11.7. The minimum Gasteiger partial charge on any atom is -0.382 e. The van der Waals surface area contributed by atoms with Crippen LogP contribution in [-0.2, 0) is 14.3 Å². The highest BCUT2D eigenvalue weighted by Crippen LogP contribution is 2.10. The summed E-state index contributed by atoms with van der Waals surface area (Å²) in [5.74, 6) is 1.07. The normalized spacial score (nSPS) is 18.0. The zero-order valence-electron chi connectivity index (χ0n) is 15.5. The van der Waals surface area contributed by atoms with E-state index >= 15 is 0 Å². The highest BCUT2D eigenvalue weighted by Gasteiger charge is 2.25. The molecule has 7 heteroatoms. The molecule has 1 fully saturated rings. The molecule has 7 nitrogen and oxygen atoms in total. The molecule has 1 aliphatic rings. The van der Waals surface area contributed by atoms with Gasteiger partial charge in [-0.15, -0.1) is 0 Å². The number of nitrogens with one attached hydrogen (secondary N) is 2. The Labute approximate surface area is 146 Å². The molecule has 1 aliphatic heterocycles. The number of unbranched alkanes of at least 4 members (excludes halogenated alkanes) is 1. The second-order valence-electron chi connectivity index (χ2n) is 5.90. The van der Waals surface area contributed by atoms with E-state index in [9.17, 15) is 4.79 Å². The summed E-state index contributed by atoms with van der Waals surface area (Å²) in [6.45, 7) is 9.22. The molecule has 0 aromatic carbocycles. The quantitative estimate of drug-likeness (QED) is 0.333. The lowest BCUT2D eigenvalue weighted by atomic mass is 10.3. The summed E-state index contributed by atoms with van der Waals surface area (Å²) >= 11 is 0. The first-order valence-corrected chi connectivity index (χ1v) is 9.10. The fraction of sp³-hybridized carbons (Fsp3) is 0.882. The third-order valence-electron chi connectivity index (χ3n) is 3.93. The predicted molar refractivity (Wildman–Crippen MR) is 96.3 cm³/mol. The number of carbonyl (C=O) groups excluding carboxylic acids is 1. The molecule has 1 rings (SSSR count). The summed E-state index contributed by atoms with van der Waals surface area (Å²) in [7, 11) is 1.68. The van der Waals surface area contributed by atoms with Gasteiger partial charge in [0, 0.05) is 52.4 Å². The van der Waals surface area contributed by atoms with Crippen LogP contribution in [-0.4, -0.2) is 75.9 Å². The van der Waals surface area contributed by atoms with Gasteiger partial charge in [0.25, 0.3) is 0 Å². The Kier molecular flexibility index (Phi) is 11.2. The van der Waals surface area contributed by atoms with Crippen LogP contribution in [0.3, 0.4) is 0 Å². The van der Waals surface area contributed by atoms with E-state index < -0.39 is 0 Å². The van der Waals surface area contributed by atoms with Crippen molar-refractivity contribution in [1.82, 2.24) is 15.5 Å². The number of ether oxygens (including phenoxy) is 2. The van der Waals surface area contributed by atoms with E-state index in [1.54, 1.807) is 7.11 Å². The van der Waals surface area contributed by atoms with Crippen LogP contribution >= 0.6 is 0 Å². The molecule has 1 atom stereocenters. The number of aliphatic imine (C=N–C) groups is 1. The van der Waals surface area contributed by atoms with Crippen molar-refractivity contribution in [1.29, 1.82) is 0 Å². The van der Waals surface area contributed by atoms with Crippen LogP contribution in [0.5, 0.6) is 0 Å². The predicted octanol–water partition coefficient (Wildman–Crippen LogP) is 0.996. The van der Waals surface area contributed by atoms with Gasteiger partial charge in [-0.05, 0) is 26.2 Å². The van der Waals surface area contributed by atoms with E-state index in [0.717, 1.165) is 58.0 Å². The molecule has 0 aromatic heterocycles. The number of rotatable bonds is 11. The average Bonchev–Trinajstić information content (AvgIpc) is 3.05.